The van der Waals surface area contributed by atoms with Gasteiger partial charge in [-0.05, 0) is 35.4 Å². The Kier molecular flexibility index (Phi) is 5.57. The van der Waals surface area contributed by atoms with Crippen LogP contribution in [0.15, 0.2) is 41.0 Å². The summed E-state index contributed by atoms with van der Waals surface area (Å²) in [5.41, 5.74) is 2.43. The van der Waals surface area contributed by atoms with Crippen molar-refractivity contribution >= 4 is 32.6 Å². The molecule has 3 aromatic rings. The molecule has 0 fully saturated rings. The average molecular weight is 407 g/mol. The summed E-state index contributed by atoms with van der Waals surface area (Å²) in [5.74, 6) is -0.561. The summed E-state index contributed by atoms with van der Waals surface area (Å²) in [6.45, 7) is -0.193. The fraction of sp³-hybridized carbons (Fsp3) is 0.222. The zero-order valence-electron chi connectivity index (χ0n) is 13.3. The lowest BCUT2D eigenvalue weighted by atomic mass is 9.94. The number of aromatic nitrogens is 2. The number of hydrogen-bond donors (Lipinski definition) is 2. The van der Waals surface area contributed by atoms with Crippen molar-refractivity contribution in [1.29, 1.82) is 0 Å². The van der Waals surface area contributed by atoms with E-state index in [1.807, 2.05) is 0 Å². The number of halogens is 2. The van der Waals surface area contributed by atoms with E-state index in [4.69, 9.17) is 9.84 Å². The van der Waals surface area contributed by atoms with E-state index in [1.54, 1.807) is 30.5 Å². The normalized spacial score (nSPS) is 11.2. The Hall–Kier alpha value is -2.09. The maximum Gasteiger partial charge on any atom is 0.188 e. The van der Waals surface area contributed by atoms with Gasteiger partial charge in [0.25, 0.3) is 0 Å². The Morgan fingerprint density at radius 1 is 1.32 bits per heavy atom. The van der Waals surface area contributed by atoms with Crippen molar-refractivity contribution < 1.29 is 19.0 Å². The molecule has 0 aliphatic carbocycles. The second-order valence-electron chi connectivity index (χ2n) is 5.53. The number of Topliss-reactive ketones (excluding diaryl/α,β-unsaturated/α-hetero) is 1. The molecule has 0 aliphatic rings. The number of H-pyrrole nitrogens is 1. The van der Waals surface area contributed by atoms with Crippen molar-refractivity contribution in [2.24, 2.45) is 0 Å². The van der Waals surface area contributed by atoms with Crippen LogP contribution in [0.1, 0.15) is 21.5 Å². The lowest BCUT2D eigenvalue weighted by Gasteiger charge is -2.11. The molecule has 0 radical (unpaired) electrons. The molecule has 2 aromatic carbocycles. The van der Waals surface area contributed by atoms with Crippen molar-refractivity contribution in [3.63, 3.8) is 0 Å². The highest BCUT2D eigenvalue weighted by atomic mass is 79.9. The number of aliphatic hydroxyl groups is 1. The Labute approximate surface area is 151 Å². The summed E-state index contributed by atoms with van der Waals surface area (Å²) in [4.78, 5) is 12.5. The summed E-state index contributed by atoms with van der Waals surface area (Å²) in [5, 5.41) is 16.4. The molecule has 2 N–H and O–H groups in total. The number of fused-ring (bicyclic) bond motifs is 1. The SMILES string of the molecule is O=C(COCCO)c1ccc2[nH]ncc2c1Cc1ccc(Br)cc1F. The zero-order chi connectivity index (χ0) is 17.8. The van der Waals surface area contributed by atoms with Crippen LogP contribution in [0.5, 0.6) is 0 Å². The first-order valence-corrected chi connectivity index (χ1v) is 8.50. The van der Waals surface area contributed by atoms with Gasteiger partial charge in [0.2, 0.25) is 0 Å². The van der Waals surface area contributed by atoms with Crippen molar-refractivity contribution in [2.75, 3.05) is 19.8 Å². The van der Waals surface area contributed by atoms with Crippen molar-refractivity contribution in [3.8, 4) is 0 Å². The molecule has 25 heavy (non-hydrogen) atoms. The van der Waals surface area contributed by atoms with Crippen LogP contribution in [0, 0.1) is 5.82 Å². The van der Waals surface area contributed by atoms with Gasteiger partial charge in [0.05, 0.1) is 24.9 Å². The van der Waals surface area contributed by atoms with Crippen LogP contribution in [0.3, 0.4) is 0 Å². The van der Waals surface area contributed by atoms with Crippen LogP contribution in [-0.4, -0.2) is 40.9 Å². The van der Waals surface area contributed by atoms with E-state index in [-0.39, 0.29) is 37.8 Å². The van der Waals surface area contributed by atoms with Crippen LogP contribution in [0.2, 0.25) is 0 Å². The Morgan fingerprint density at radius 3 is 2.92 bits per heavy atom. The highest BCUT2D eigenvalue weighted by Gasteiger charge is 2.17. The summed E-state index contributed by atoms with van der Waals surface area (Å²) in [6, 6.07) is 8.31. The van der Waals surface area contributed by atoms with Crippen LogP contribution < -0.4 is 0 Å². The summed E-state index contributed by atoms with van der Waals surface area (Å²) >= 11 is 3.24. The fourth-order valence-corrected chi connectivity index (χ4v) is 3.02. The molecule has 0 atom stereocenters. The first-order chi connectivity index (χ1) is 12.1. The van der Waals surface area contributed by atoms with E-state index in [0.29, 0.717) is 21.2 Å². The number of ketones is 1. The molecule has 0 saturated heterocycles. The molecule has 5 nitrogen and oxygen atoms in total. The molecular weight excluding hydrogens is 391 g/mol. The van der Waals surface area contributed by atoms with E-state index in [1.165, 1.54) is 6.07 Å². The number of carbonyl (C=O) groups is 1. The number of aromatic amines is 1. The van der Waals surface area contributed by atoms with Gasteiger partial charge < -0.3 is 9.84 Å². The second-order valence-corrected chi connectivity index (χ2v) is 6.45. The van der Waals surface area contributed by atoms with Gasteiger partial charge in [-0.25, -0.2) is 4.39 Å². The number of ether oxygens (including phenoxy) is 1. The molecule has 0 amide bonds. The van der Waals surface area contributed by atoms with Crippen LogP contribution in [0.4, 0.5) is 4.39 Å². The van der Waals surface area contributed by atoms with Gasteiger partial charge in [-0.2, -0.15) is 5.10 Å². The summed E-state index contributed by atoms with van der Waals surface area (Å²) in [7, 11) is 0. The molecule has 0 saturated carbocycles. The molecule has 0 unspecified atom stereocenters. The largest absolute Gasteiger partial charge is 0.394 e. The third-order valence-corrected chi connectivity index (χ3v) is 4.38. The summed E-state index contributed by atoms with van der Waals surface area (Å²) < 4.78 is 20.0. The Balaban J connectivity index is 2.00. The lowest BCUT2D eigenvalue weighted by Crippen LogP contribution is -2.14. The Morgan fingerprint density at radius 2 is 2.16 bits per heavy atom. The van der Waals surface area contributed by atoms with Crippen molar-refractivity contribution in [3.05, 3.63) is 63.5 Å². The van der Waals surface area contributed by atoms with Gasteiger partial charge >= 0.3 is 0 Å². The molecule has 3 rings (SSSR count). The molecule has 130 valence electrons. The standard InChI is InChI=1S/C18H16BrFN2O3/c19-12-2-1-11(16(20)8-12)7-14-13(18(24)10-25-6-5-23)3-4-17-15(14)9-21-22-17/h1-4,8-9,23H,5-7,10H2,(H,21,22). The third-order valence-electron chi connectivity index (χ3n) is 3.89. The molecule has 1 heterocycles. The van der Waals surface area contributed by atoms with Gasteiger partial charge in [0, 0.05) is 21.8 Å². The minimum Gasteiger partial charge on any atom is -0.394 e. The molecule has 7 heteroatoms. The van der Waals surface area contributed by atoms with E-state index in [9.17, 15) is 9.18 Å². The predicted molar refractivity (Wildman–Crippen MR) is 95.2 cm³/mol. The van der Waals surface area contributed by atoms with Gasteiger partial charge in [-0.3, -0.25) is 9.89 Å². The number of hydrogen-bond acceptors (Lipinski definition) is 4. The fourth-order valence-electron chi connectivity index (χ4n) is 2.69. The Bertz CT molecular complexity index is 910. The van der Waals surface area contributed by atoms with Gasteiger partial charge in [-0.15, -0.1) is 0 Å². The van der Waals surface area contributed by atoms with Crippen LogP contribution in [0.25, 0.3) is 10.9 Å². The van der Waals surface area contributed by atoms with Crippen molar-refractivity contribution in [2.45, 2.75) is 6.42 Å². The molecule has 1 aromatic heterocycles. The quantitative estimate of drug-likeness (QED) is 0.466. The number of benzene rings is 2. The van der Waals surface area contributed by atoms with E-state index >= 15 is 0 Å². The number of rotatable bonds is 7. The van der Waals surface area contributed by atoms with Gasteiger partial charge in [0.15, 0.2) is 5.78 Å². The van der Waals surface area contributed by atoms with Gasteiger partial charge in [0.1, 0.15) is 12.4 Å². The molecule has 0 bridgehead atoms. The van der Waals surface area contributed by atoms with E-state index in [0.717, 1.165) is 10.9 Å². The van der Waals surface area contributed by atoms with Crippen molar-refractivity contribution in [1.82, 2.24) is 10.2 Å². The highest BCUT2D eigenvalue weighted by Crippen LogP contribution is 2.26. The van der Waals surface area contributed by atoms with E-state index in [2.05, 4.69) is 26.1 Å². The number of carbonyl (C=O) groups excluding carboxylic acids is 1. The van der Waals surface area contributed by atoms with Crippen LogP contribution in [-0.2, 0) is 11.2 Å². The van der Waals surface area contributed by atoms with Crippen LogP contribution >= 0.6 is 15.9 Å². The smallest absolute Gasteiger partial charge is 0.188 e. The maximum absolute atomic E-state index is 14.3. The topological polar surface area (TPSA) is 75.2 Å². The number of nitrogens with one attached hydrogen (secondary N) is 1. The monoisotopic (exact) mass is 406 g/mol. The summed E-state index contributed by atoms with van der Waals surface area (Å²) in [6.07, 6.45) is 1.89. The number of nitrogens with zero attached hydrogens (tertiary/aromatic N) is 1. The lowest BCUT2D eigenvalue weighted by molar-refractivity contribution is 0.0663. The first kappa shape index (κ1) is 17.7. The first-order valence-electron chi connectivity index (χ1n) is 7.71. The highest BCUT2D eigenvalue weighted by molar-refractivity contribution is 9.10. The number of aliphatic hydroxyl groups excluding tert-OH is 1. The molecular formula is C18H16BrFN2O3. The minimum absolute atomic E-state index is 0.0936. The predicted octanol–water partition coefficient (Wildman–Crippen LogP) is 3.25. The second kappa shape index (κ2) is 7.86. The van der Waals surface area contributed by atoms with E-state index < -0.39 is 0 Å². The zero-order valence-corrected chi connectivity index (χ0v) is 14.8. The van der Waals surface area contributed by atoms with Gasteiger partial charge in [-0.1, -0.05) is 22.0 Å². The molecule has 0 spiro atoms. The maximum atomic E-state index is 14.3. The molecule has 0 aliphatic heterocycles. The minimum atomic E-state index is -0.343. The average Bonchev–Trinajstić information content (AvgIpc) is 3.06. The third kappa shape index (κ3) is 3.95.